The average molecular weight is 194 g/mol. The van der Waals surface area contributed by atoms with Gasteiger partial charge in [-0.1, -0.05) is 0 Å². The Morgan fingerprint density at radius 3 is 2.43 bits per heavy atom. The van der Waals surface area contributed by atoms with Crippen LogP contribution in [0, 0.1) is 0 Å². The first-order valence-corrected chi connectivity index (χ1v) is 4.64. The highest BCUT2D eigenvalue weighted by molar-refractivity contribution is 5.64. The fourth-order valence-electron chi connectivity index (χ4n) is 1.23. The van der Waals surface area contributed by atoms with E-state index in [1.165, 1.54) is 0 Å². The molecule has 78 valence electrons. The number of methoxy groups -OCH3 is 1. The molecule has 0 heterocycles. The Labute approximate surface area is 85.3 Å². The highest BCUT2D eigenvalue weighted by Gasteiger charge is 2.12. The summed E-state index contributed by atoms with van der Waals surface area (Å²) in [5.41, 5.74) is 7.37. The van der Waals surface area contributed by atoms with Gasteiger partial charge in [0.15, 0.2) is 0 Å². The van der Waals surface area contributed by atoms with Crippen molar-refractivity contribution in [3.8, 4) is 5.75 Å². The van der Waals surface area contributed by atoms with E-state index in [9.17, 15) is 0 Å². The largest absolute Gasteiger partial charge is 0.495 e. The van der Waals surface area contributed by atoms with Crippen molar-refractivity contribution < 1.29 is 4.74 Å². The molecule has 0 radical (unpaired) electrons. The predicted octanol–water partition coefficient (Wildman–Crippen LogP) is 2.49. The SMILES string of the molecule is COc1ccc(N)cc1NC(C)(C)C. The minimum absolute atomic E-state index is 0.00106. The minimum Gasteiger partial charge on any atom is -0.495 e. The minimum atomic E-state index is 0.00106. The molecule has 1 aromatic rings. The molecule has 0 aromatic heterocycles. The van der Waals surface area contributed by atoms with Gasteiger partial charge in [0, 0.05) is 11.2 Å². The number of hydrogen-bond donors (Lipinski definition) is 2. The summed E-state index contributed by atoms with van der Waals surface area (Å²) in [6, 6.07) is 5.57. The molecule has 0 aliphatic rings. The molecule has 0 aliphatic heterocycles. The number of benzene rings is 1. The van der Waals surface area contributed by atoms with Crippen molar-refractivity contribution in [3.63, 3.8) is 0 Å². The lowest BCUT2D eigenvalue weighted by Gasteiger charge is -2.23. The lowest BCUT2D eigenvalue weighted by Crippen LogP contribution is -2.26. The Morgan fingerprint density at radius 1 is 1.29 bits per heavy atom. The molecule has 0 saturated carbocycles. The first kappa shape index (κ1) is 10.7. The van der Waals surface area contributed by atoms with Gasteiger partial charge in [-0.15, -0.1) is 0 Å². The van der Waals surface area contributed by atoms with Crippen LogP contribution in [0.2, 0.25) is 0 Å². The summed E-state index contributed by atoms with van der Waals surface area (Å²) < 4.78 is 5.23. The normalized spacial score (nSPS) is 11.1. The van der Waals surface area contributed by atoms with Crippen molar-refractivity contribution in [2.45, 2.75) is 26.3 Å². The Balaban J connectivity index is 2.99. The summed E-state index contributed by atoms with van der Waals surface area (Å²) in [6.07, 6.45) is 0. The van der Waals surface area contributed by atoms with Crippen molar-refractivity contribution in [2.24, 2.45) is 0 Å². The molecule has 0 atom stereocenters. The van der Waals surface area contributed by atoms with Gasteiger partial charge in [-0.2, -0.15) is 0 Å². The van der Waals surface area contributed by atoms with E-state index in [-0.39, 0.29) is 5.54 Å². The number of rotatable bonds is 2. The van der Waals surface area contributed by atoms with Crippen LogP contribution in [0.15, 0.2) is 18.2 Å². The molecule has 3 nitrogen and oxygen atoms in total. The number of hydrogen-bond acceptors (Lipinski definition) is 3. The van der Waals surface area contributed by atoms with Crippen LogP contribution in [0.5, 0.6) is 5.75 Å². The van der Waals surface area contributed by atoms with Crippen LogP contribution in [0.3, 0.4) is 0 Å². The van der Waals surface area contributed by atoms with Gasteiger partial charge in [0.05, 0.1) is 12.8 Å². The van der Waals surface area contributed by atoms with Gasteiger partial charge in [-0.3, -0.25) is 0 Å². The molecule has 0 aliphatic carbocycles. The zero-order valence-corrected chi connectivity index (χ0v) is 9.22. The second-order valence-corrected chi connectivity index (χ2v) is 4.33. The number of anilines is 2. The van der Waals surface area contributed by atoms with E-state index in [0.29, 0.717) is 0 Å². The first-order valence-electron chi connectivity index (χ1n) is 4.64. The van der Waals surface area contributed by atoms with Crippen molar-refractivity contribution in [3.05, 3.63) is 18.2 Å². The fraction of sp³-hybridized carbons (Fsp3) is 0.455. The molecule has 0 spiro atoms. The van der Waals surface area contributed by atoms with E-state index < -0.39 is 0 Å². The van der Waals surface area contributed by atoms with Gasteiger partial charge in [0.25, 0.3) is 0 Å². The van der Waals surface area contributed by atoms with Crippen molar-refractivity contribution in [2.75, 3.05) is 18.2 Å². The maximum absolute atomic E-state index is 5.71. The third-order valence-electron chi connectivity index (χ3n) is 1.73. The monoisotopic (exact) mass is 194 g/mol. The first-order chi connectivity index (χ1) is 6.42. The highest BCUT2D eigenvalue weighted by Crippen LogP contribution is 2.28. The van der Waals surface area contributed by atoms with Gasteiger partial charge >= 0.3 is 0 Å². The van der Waals surface area contributed by atoms with Gasteiger partial charge in [-0.05, 0) is 39.0 Å². The number of nitrogen functional groups attached to an aromatic ring is 1. The van der Waals surface area contributed by atoms with Gasteiger partial charge in [-0.25, -0.2) is 0 Å². The summed E-state index contributed by atoms with van der Waals surface area (Å²) >= 11 is 0. The number of nitrogens with two attached hydrogens (primary N) is 1. The van der Waals surface area contributed by atoms with Crippen LogP contribution in [0.25, 0.3) is 0 Å². The van der Waals surface area contributed by atoms with Crippen molar-refractivity contribution in [1.29, 1.82) is 0 Å². The molecule has 0 unspecified atom stereocenters. The predicted molar refractivity (Wildman–Crippen MR) is 60.8 cm³/mol. The maximum atomic E-state index is 5.71. The Kier molecular flexibility index (Phi) is 2.89. The van der Waals surface area contributed by atoms with E-state index in [1.807, 2.05) is 18.2 Å². The van der Waals surface area contributed by atoms with Gasteiger partial charge in [0.1, 0.15) is 5.75 Å². The van der Waals surface area contributed by atoms with E-state index in [2.05, 4.69) is 26.1 Å². The van der Waals surface area contributed by atoms with Crippen LogP contribution < -0.4 is 15.8 Å². The van der Waals surface area contributed by atoms with E-state index >= 15 is 0 Å². The summed E-state index contributed by atoms with van der Waals surface area (Å²) in [4.78, 5) is 0. The molecule has 0 saturated heterocycles. The topological polar surface area (TPSA) is 47.3 Å². The fourth-order valence-corrected chi connectivity index (χ4v) is 1.23. The molecule has 3 heteroatoms. The van der Waals surface area contributed by atoms with E-state index in [4.69, 9.17) is 10.5 Å². The molecule has 0 amide bonds. The molecule has 14 heavy (non-hydrogen) atoms. The average Bonchev–Trinajstić information content (AvgIpc) is 2.01. The molecular weight excluding hydrogens is 176 g/mol. The number of nitrogens with one attached hydrogen (secondary N) is 1. The summed E-state index contributed by atoms with van der Waals surface area (Å²) in [5.74, 6) is 0.814. The molecular formula is C11H18N2O. The smallest absolute Gasteiger partial charge is 0.142 e. The summed E-state index contributed by atoms with van der Waals surface area (Å²) in [5, 5.41) is 3.34. The quantitative estimate of drug-likeness (QED) is 0.711. The van der Waals surface area contributed by atoms with Crippen LogP contribution >= 0.6 is 0 Å². The molecule has 3 N–H and O–H groups in total. The molecule has 0 bridgehead atoms. The lowest BCUT2D eigenvalue weighted by molar-refractivity contribution is 0.415. The van der Waals surface area contributed by atoms with Crippen LogP contribution in [0.1, 0.15) is 20.8 Å². The lowest BCUT2D eigenvalue weighted by atomic mass is 10.1. The molecule has 0 fully saturated rings. The standard InChI is InChI=1S/C11H18N2O/c1-11(2,3)13-9-7-8(12)5-6-10(9)14-4/h5-7,13H,12H2,1-4H3. The second-order valence-electron chi connectivity index (χ2n) is 4.33. The highest BCUT2D eigenvalue weighted by atomic mass is 16.5. The zero-order chi connectivity index (χ0) is 10.8. The summed E-state index contributed by atoms with van der Waals surface area (Å²) in [7, 11) is 1.65. The van der Waals surface area contributed by atoms with Crippen molar-refractivity contribution in [1.82, 2.24) is 0 Å². The van der Waals surface area contributed by atoms with Gasteiger partial charge in [0.2, 0.25) is 0 Å². The molecule has 1 aromatic carbocycles. The van der Waals surface area contributed by atoms with Crippen LogP contribution in [0.4, 0.5) is 11.4 Å². The number of ether oxygens (including phenoxy) is 1. The van der Waals surface area contributed by atoms with Crippen LogP contribution in [-0.4, -0.2) is 12.6 Å². The van der Waals surface area contributed by atoms with Gasteiger partial charge < -0.3 is 15.8 Å². The van der Waals surface area contributed by atoms with Crippen molar-refractivity contribution >= 4 is 11.4 Å². The third-order valence-corrected chi connectivity index (χ3v) is 1.73. The Bertz CT molecular complexity index is 316. The maximum Gasteiger partial charge on any atom is 0.142 e. The van der Waals surface area contributed by atoms with Crippen LogP contribution in [-0.2, 0) is 0 Å². The van der Waals surface area contributed by atoms with E-state index in [0.717, 1.165) is 17.1 Å². The molecule has 1 rings (SSSR count). The van der Waals surface area contributed by atoms with E-state index in [1.54, 1.807) is 7.11 Å². The summed E-state index contributed by atoms with van der Waals surface area (Å²) in [6.45, 7) is 6.28. The third kappa shape index (κ3) is 2.83. The Hall–Kier alpha value is -1.38. The Morgan fingerprint density at radius 2 is 1.93 bits per heavy atom. The second kappa shape index (κ2) is 3.78. The zero-order valence-electron chi connectivity index (χ0n) is 9.22.